The lowest BCUT2D eigenvalue weighted by atomic mass is 10.2. The summed E-state index contributed by atoms with van der Waals surface area (Å²) in [5, 5.41) is 2.65. The second-order valence-electron chi connectivity index (χ2n) is 5.59. The first-order chi connectivity index (χ1) is 12.2. The highest BCUT2D eigenvalue weighted by Gasteiger charge is 2.19. The molecule has 3 aromatic rings. The van der Waals surface area contributed by atoms with Gasteiger partial charge in [-0.1, -0.05) is 0 Å². The molecule has 4 heterocycles. The summed E-state index contributed by atoms with van der Waals surface area (Å²) in [6.07, 6.45) is 1.65. The van der Waals surface area contributed by atoms with E-state index in [-0.39, 0.29) is 5.91 Å². The molecule has 128 valence electrons. The van der Waals surface area contributed by atoms with Crippen molar-refractivity contribution in [1.82, 2.24) is 19.9 Å². The number of pyridine rings is 1. The number of carbonyl (C=O) groups is 1. The van der Waals surface area contributed by atoms with Gasteiger partial charge in [0.2, 0.25) is 5.91 Å². The normalized spacial score (nSPS) is 14.7. The highest BCUT2D eigenvalue weighted by Crippen LogP contribution is 2.30. The van der Waals surface area contributed by atoms with Crippen molar-refractivity contribution < 1.29 is 9.53 Å². The number of hydrogen-bond donors (Lipinski definition) is 1. The van der Waals surface area contributed by atoms with Crippen LogP contribution in [0.1, 0.15) is 6.92 Å². The van der Waals surface area contributed by atoms with Gasteiger partial charge >= 0.3 is 0 Å². The van der Waals surface area contributed by atoms with Crippen LogP contribution in [0.25, 0.3) is 21.7 Å². The zero-order chi connectivity index (χ0) is 17.2. The smallest absolute Gasteiger partial charge is 0.222 e. The quantitative estimate of drug-likeness (QED) is 0.766. The van der Waals surface area contributed by atoms with E-state index in [2.05, 4.69) is 25.2 Å². The van der Waals surface area contributed by atoms with Crippen LogP contribution in [0.2, 0.25) is 0 Å². The van der Waals surface area contributed by atoms with E-state index in [4.69, 9.17) is 9.72 Å². The summed E-state index contributed by atoms with van der Waals surface area (Å²) in [6, 6.07) is 3.58. The summed E-state index contributed by atoms with van der Waals surface area (Å²) in [5.41, 5.74) is 3.24. The predicted molar refractivity (Wildman–Crippen MR) is 95.8 cm³/mol. The van der Waals surface area contributed by atoms with Gasteiger partial charge in [0.15, 0.2) is 17.3 Å². The fourth-order valence-electron chi connectivity index (χ4n) is 2.65. The molecular formula is C16H16N6O2S. The Hall–Kier alpha value is -2.65. The van der Waals surface area contributed by atoms with Gasteiger partial charge in [-0.15, -0.1) is 11.3 Å². The highest BCUT2D eigenvalue weighted by atomic mass is 32.1. The fourth-order valence-corrected chi connectivity index (χ4v) is 3.39. The van der Waals surface area contributed by atoms with E-state index in [1.807, 2.05) is 6.07 Å². The molecule has 0 spiro atoms. The van der Waals surface area contributed by atoms with E-state index in [0.29, 0.717) is 30.5 Å². The molecule has 9 heteroatoms. The topological polar surface area (TPSA) is 93.1 Å². The first-order valence-electron chi connectivity index (χ1n) is 7.88. The van der Waals surface area contributed by atoms with Crippen LogP contribution in [-0.2, 0) is 9.53 Å². The molecule has 1 amide bonds. The van der Waals surface area contributed by atoms with Crippen molar-refractivity contribution in [3.8, 4) is 11.4 Å². The van der Waals surface area contributed by atoms with Crippen molar-refractivity contribution in [1.29, 1.82) is 0 Å². The number of thiazole rings is 1. The molecule has 0 saturated carbocycles. The van der Waals surface area contributed by atoms with Crippen LogP contribution in [0, 0.1) is 0 Å². The van der Waals surface area contributed by atoms with E-state index < -0.39 is 0 Å². The minimum absolute atomic E-state index is 0.157. The molecule has 4 rings (SSSR count). The first-order valence-corrected chi connectivity index (χ1v) is 8.76. The van der Waals surface area contributed by atoms with Crippen molar-refractivity contribution in [2.45, 2.75) is 6.92 Å². The molecule has 0 aliphatic carbocycles. The van der Waals surface area contributed by atoms with Gasteiger partial charge in [0.1, 0.15) is 10.5 Å². The number of fused-ring (bicyclic) bond motifs is 1. The number of amides is 1. The van der Waals surface area contributed by atoms with E-state index in [0.717, 1.165) is 29.2 Å². The lowest BCUT2D eigenvalue weighted by Gasteiger charge is -2.28. The molecule has 3 aromatic heterocycles. The van der Waals surface area contributed by atoms with Crippen molar-refractivity contribution in [3.05, 3.63) is 23.8 Å². The molecule has 25 heavy (non-hydrogen) atoms. The summed E-state index contributed by atoms with van der Waals surface area (Å²) in [7, 11) is 0. The van der Waals surface area contributed by atoms with Crippen LogP contribution in [-0.4, -0.2) is 52.1 Å². The molecule has 1 fully saturated rings. The van der Waals surface area contributed by atoms with E-state index >= 15 is 0 Å². The third-order valence-corrected chi connectivity index (χ3v) is 4.62. The Kier molecular flexibility index (Phi) is 4.24. The Morgan fingerprint density at radius 1 is 1.24 bits per heavy atom. The number of hydrogen-bond acceptors (Lipinski definition) is 8. The molecule has 1 saturated heterocycles. The van der Waals surface area contributed by atoms with Crippen molar-refractivity contribution in [2.24, 2.45) is 0 Å². The van der Waals surface area contributed by atoms with E-state index in [1.165, 1.54) is 18.3 Å². The summed E-state index contributed by atoms with van der Waals surface area (Å²) < 4.78 is 6.41. The van der Waals surface area contributed by atoms with Crippen LogP contribution >= 0.6 is 11.3 Å². The van der Waals surface area contributed by atoms with Crippen LogP contribution in [0.5, 0.6) is 0 Å². The fraction of sp³-hybridized carbons (Fsp3) is 0.312. The number of carbonyl (C=O) groups excluding carboxylic acids is 1. The molecule has 8 nitrogen and oxygen atoms in total. The Morgan fingerprint density at radius 2 is 2.08 bits per heavy atom. The summed E-state index contributed by atoms with van der Waals surface area (Å²) in [5.74, 6) is 1.80. The van der Waals surface area contributed by atoms with Gasteiger partial charge < -0.3 is 15.0 Å². The number of rotatable bonds is 3. The minimum Gasteiger partial charge on any atom is -0.378 e. The highest BCUT2D eigenvalue weighted by molar-refractivity contribution is 7.17. The second kappa shape index (κ2) is 6.69. The average Bonchev–Trinajstić information content (AvgIpc) is 3.10. The monoisotopic (exact) mass is 356 g/mol. The molecule has 0 bridgehead atoms. The Balaban J connectivity index is 1.73. The maximum atomic E-state index is 11.1. The molecule has 0 unspecified atom stereocenters. The standard InChI is InChI=1S/C16H16N6O2S/c1-10(23)19-12-3-2-11(8-17-12)14-20-15-13(25-9-18-15)16(21-14)22-4-6-24-7-5-22/h2-3,8-9H,4-7H2,1H3,(H,17,19,23). The summed E-state index contributed by atoms with van der Waals surface area (Å²) in [6.45, 7) is 4.41. The zero-order valence-corrected chi connectivity index (χ0v) is 14.4. The van der Waals surface area contributed by atoms with Gasteiger partial charge in [-0.3, -0.25) is 4.79 Å². The number of nitrogens with zero attached hydrogens (tertiary/aromatic N) is 5. The van der Waals surface area contributed by atoms with Crippen LogP contribution in [0.4, 0.5) is 11.6 Å². The van der Waals surface area contributed by atoms with E-state index in [9.17, 15) is 4.79 Å². The van der Waals surface area contributed by atoms with Gasteiger partial charge in [0.25, 0.3) is 0 Å². The van der Waals surface area contributed by atoms with Crippen LogP contribution < -0.4 is 10.2 Å². The summed E-state index contributed by atoms with van der Waals surface area (Å²) in [4.78, 5) is 31.2. The average molecular weight is 356 g/mol. The van der Waals surface area contributed by atoms with Crippen LogP contribution in [0.15, 0.2) is 23.8 Å². The van der Waals surface area contributed by atoms with Gasteiger partial charge in [-0.05, 0) is 12.1 Å². The van der Waals surface area contributed by atoms with Crippen molar-refractivity contribution in [3.63, 3.8) is 0 Å². The molecule has 0 aromatic carbocycles. The molecule has 1 aliphatic heterocycles. The first kappa shape index (κ1) is 15.9. The van der Waals surface area contributed by atoms with Crippen molar-refractivity contribution >= 4 is 39.2 Å². The SMILES string of the molecule is CC(=O)Nc1ccc(-c2nc(N3CCOCC3)c3scnc3n2)cn1. The molecular weight excluding hydrogens is 340 g/mol. The molecule has 1 aliphatic rings. The number of nitrogens with one attached hydrogen (secondary N) is 1. The number of anilines is 2. The molecule has 0 atom stereocenters. The summed E-state index contributed by atoms with van der Waals surface area (Å²) >= 11 is 1.54. The third kappa shape index (κ3) is 3.28. The Bertz CT molecular complexity index is 905. The lowest BCUT2D eigenvalue weighted by molar-refractivity contribution is -0.114. The molecule has 1 N–H and O–H groups in total. The minimum atomic E-state index is -0.157. The van der Waals surface area contributed by atoms with Crippen molar-refractivity contribution in [2.75, 3.05) is 36.5 Å². The van der Waals surface area contributed by atoms with Gasteiger partial charge in [-0.25, -0.2) is 19.9 Å². The number of aromatic nitrogens is 4. The largest absolute Gasteiger partial charge is 0.378 e. The van der Waals surface area contributed by atoms with Gasteiger partial charge in [0, 0.05) is 31.8 Å². The maximum Gasteiger partial charge on any atom is 0.222 e. The van der Waals surface area contributed by atoms with Gasteiger partial charge in [-0.2, -0.15) is 0 Å². The Labute approximate surface area is 147 Å². The Morgan fingerprint density at radius 3 is 2.80 bits per heavy atom. The zero-order valence-electron chi connectivity index (χ0n) is 13.6. The van der Waals surface area contributed by atoms with Gasteiger partial charge in [0.05, 0.1) is 18.7 Å². The predicted octanol–water partition coefficient (Wildman–Crippen LogP) is 1.94. The number of ether oxygens (including phenoxy) is 1. The van der Waals surface area contributed by atoms with E-state index in [1.54, 1.807) is 17.8 Å². The molecule has 0 radical (unpaired) electrons. The maximum absolute atomic E-state index is 11.1. The lowest BCUT2D eigenvalue weighted by Crippen LogP contribution is -2.36. The second-order valence-corrected chi connectivity index (χ2v) is 6.44. The number of morpholine rings is 1. The third-order valence-electron chi connectivity index (χ3n) is 3.81. The van der Waals surface area contributed by atoms with Crippen LogP contribution in [0.3, 0.4) is 0 Å².